The van der Waals surface area contributed by atoms with Crippen LogP contribution >= 0.6 is 27.5 Å². The molecule has 0 saturated heterocycles. The molecule has 2 nitrogen and oxygen atoms in total. The van der Waals surface area contributed by atoms with Crippen molar-refractivity contribution in [1.82, 2.24) is 4.37 Å². The van der Waals surface area contributed by atoms with E-state index in [1.165, 1.54) is 0 Å². The van der Waals surface area contributed by atoms with E-state index in [0.29, 0.717) is 11.5 Å². The number of anilines is 1. The summed E-state index contributed by atoms with van der Waals surface area (Å²) in [6.45, 7) is 0. The van der Waals surface area contributed by atoms with Crippen LogP contribution in [0.1, 0.15) is 5.69 Å². The first kappa shape index (κ1) is 8.79. The van der Waals surface area contributed by atoms with E-state index in [-0.39, 0.29) is 9.47 Å². The van der Waals surface area contributed by atoms with Gasteiger partial charge in [-0.1, -0.05) is 0 Å². The Kier molecular flexibility index (Phi) is 2.10. The van der Waals surface area contributed by atoms with Gasteiger partial charge in [0.05, 0.1) is 4.47 Å². The molecule has 0 unspecified atom stereocenters. The molecule has 62 valence electrons. The van der Waals surface area contributed by atoms with Gasteiger partial charge in [-0.15, -0.1) is 0 Å². The molecule has 0 aliphatic heterocycles. The largest absolute Gasteiger partial charge is 0.435 e. The van der Waals surface area contributed by atoms with Crippen molar-refractivity contribution in [1.29, 1.82) is 0 Å². The van der Waals surface area contributed by atoms with E-state index in [1.807, 2.05) is 0 Å². The number of hydrogen-bond acceptors (Lipinski definition) is 3. The molecular weight excluding hydrogens is 245 g/mol. The van der Waals surface area contributed by atoms with Gasteiger partial charge in [0.15, 0.2) is 5.69 Å². The van der Waals surface area contributed by atoms with Crippen molar-refractivity contribution in [2.75, 3.05) is 5.73 Å². The quantitative estimate of drug-likeness (QED) is 0.764. The molecule has 0 bridgehead atoms. The molecule has 11 heavy (non-hydrogen) atoms. The lowest BCUT2D eigenvalue weighted by molar-refractivity contribution is -0.141. The summed E-state index contributed by atoms with van der Waals surface area (Å²) in [5.41, 5.74) is 4.19. The summed E-state index contributed by atoms with van der Waals surface area (Å²) in [7, 11) is 0. The van der Waals surface area contributed by atoms with Gasteiger partial charge < -0.3 is 5.73 Å². The van der Waals surface area contributed by atoms with Crippen molar-refractivity contribution < 1.29 is 13.2 Å². The van der Waals surface area contributed by atoms with E-state index in [4.69, 9.17) is 5.73 Å². The predicted octanol–water partition coefficient (Wildman–Crippen LogP) is 2.51. The zero-order chi connectivity index (χ0) is 8.65. The molecule has 0 aliphatic rings. The second-order valence-corrected chi connectivity index (χ2v) is 3.31. The number of aromatic nitrogens is 1. The second-order valence-electron chi connectivity index (χ2n) is 1.71. The van der Waals surface area contributed by atoms with Gasteiger partial charge >= 0.3 is 6.18 Å². The number of halogens is 4. The van der Waals surface area contributed by atoms with Crippen LogP contribution in [0.25, 0.3) is 0 Å². The minimum absolute atomic E-state index is 0.0392. The molecule has 1 heterocycles. The van der Waals surface area contributed by atoms with Gasteiger partial charge in [0.1, 0.15) is 5.00 Å². The fourth-order valence-corrected chi connectivity index (χ4v) is 1.68. The highest BCUT2D eigenvalue weighted by atomic mass is 79.9. The third kappa shape index (κ3) is 1.64. The van der Waals surface area contributed by atoms with Crippen LogP contribution in [0.5, 0.6) is 0 Å². The van der Waals surface area contributed by atoms with Crippen LogP contribution in [0.3, 0.4) is 0 Å². The molecule has 1 aromatic rings. The summed E-state index contributed by atoms with van der Waals surface area (Å²) >= 11 is 3.31. The minimum Gasteiger partial charge on any atom is -0.388 e. The molecule has 0 atom stereocenters. The molecule has 0 amide bonds. The first-order chi connectivity index (χ1) is 4.93. The molecule has 2 N–H and O–H groups in total. The molecule has 0 aromatic carbocycles. The Bertz CT molecular complexity index is 269. The van der Waals surface area contributed by atoms with Crippen LogP contribution in [0.4, 0.5) is 18.2 Å². The average molecular weight is 247 g/mol. The highest BCUT2D eigenvalue weighted by Gasteiger charge is 2.36. The van der Waals surface area contributed by atoms with E-state index >= 15 is 0 Å². The summed E-state index contributed by atoms with van der Waals surface area (Å²) < 4.78 is 38.7. The van der Waals surface area contributed by atoms with Crippen LogP contribution in [-0.2, 0) is 6.18 Å². The van der Waals surface area contributed by atoms with E-state index in [1.54, 1.807) is 0 Å². The SMILES string of the molecule is Nc1snc(C(F)(F)F)c1Br. The Labute approximate surface area is 72.5 Å². The molecule has 0 saturated carbocycles. The molecule has 0 fully saturated rings. The fraction of sp³-hybridized carbons (Fsp3) is 0.250. The summed E-state index contributed by atoms with van der Waals surface area (Å²) in [5, 5.41) is 0.0392. The standard InChI is InChI=1S/C4H2BrF3N2S/c5-1-2(4(6,7)8)10-11-3(1)9/h9H2. The van der Waals surface area contributed by atoms with Crippen LogP contribution in [-0.4, -0.2) is 4.37 Å². The number of nitrogen functional groups attached to an aromatic ring is 1. The molecule has 0 aliphatic carbocycles. The summed E-state index contributed by atoms with van der Waals surface area (Å²) in [5.74, 6) is 0. The summed E-state index contributed by atoms with van der Waals surface area (Å²) in [4.78, 5) is 0. The normalized spacial score (nSPS) is 12.0. The van der Waals surface area contributed by atoms with Gasteiger partial charge in [-0.05, 0) is 27.5 Å². The van der Waals surface area contributed by atoms with E-state index in [2.05, 4.69) is 20.3 Å². The van der Waals surface area contributed by atoms with Gasteiger partial charge in [-0.2, -0.15) is 17.5 Å². The number of nitrogens with two attached hydrogens (primary N) is 1. The molecular formula is C4H2BrF3N2S. The number of hydrogen-bond donors (Lipinski definition) is 1. The van der Waals surface area contributed by atoms with Crippen molar-refractivity contribution in [2.45, 2.75) is 6.18 Å². The Morgan fingerprint density at radius 1 is 1.45 bits per heavy atom. The van der Waals surface area contributed by atoms with Crippen molar-refractivity contribution in [3.8, 4) is 0 Å². The number of nitrogens with zero attached hydrogens (tertiary/aromatic N) is 1. The molecule has 1 aromatic heterocycles. The predicted molar refractivity (Wildman–Crippen MR) is 39.2 cm³/mol. The maximum absolute atomic E-state index is 11.9. The minimum atomic E-state index is -4.42. The molecule has 1 rings (SSSR count). The van der Waals surface area contributed by atoms with Gasteiger partial charge in [-0.25, -0.2) is 0 Å². The zero-order valence-corrected chi connectivity index (χ0v) is 7.35. The average Bonchev–Trinajstić information content (AvgIpc) is 2.11. The first-order valence-electron chi connectivity index (χ1n) is 2.40. The molecule has 7 heteroatoms. The van der Waals surface area contributed by atoms with Crippen LogP contribution in [0.2, 0.25) is 0 Å². The number of rotatable bonds is 0. The van der Waals surface area contributed by atoms with E-state index < -0.39 is 11.9 Å². The van der Waals surface area contributed by atoms with Gasteiger partial charge in [0.25, 0.3) is 0 Å². The Hall–Kier alpha value is -0.300. The van der Waals surface area contributed by atoms with Crippen molar-refractivity contribution in [3.05, 3.63) is 10.2 Å². The lowest BCUT2D eigenvalue weighted by atomic mass is 10.4. The van der Waals surface area contributed by atoms with E-state index in [0.717, 1.165) is 0 Å². The van der Waals surface area contributed by atoms with Crippen LogP contribution < -0.4 is 5.73 Å². The fourth-order valence-electron chi connectivity index (χ4n) is 0.468. The summed E-state index contributed by atoms with van der Waals surface area (Å²) in [6, 6.07) is 0. The maximum Gasteiger partial charge on any atom is 0.435 e. The Balaban J connectivity index is 3.15. The van der Waals surface area contributed by atoms with Crippen molar-refractivity contribution in [3.63, 3.8) is 0 Å². The Morgan fingerprint density at radius 3 is 2.18 bits per heavy atom. The Morgan fingerprint density at radius 2 is 2.00 bits per heavy atom. The van der Waals surface area contributed by atoms with Crippen LogP contribution in [0, 0.1) is 0 Å². The third-order valence-electron chi connectivity index (χ3n) is 0.928. The van der Waals surface area contributed by atoms with E-state index in [9.17, 15) is 13.2 Å². The monoisotopic (exact) mass is 246 g/mol. The smallest absolute Gasteiger partial charge is 0.388 e. The van der Waals surface area contributed by atoms with Gasteiger partial charge in [0, 0.05) is 0 Å². The third-order valence-corrected chi connectivity index (χ3v) is 2.67. The first-order valence-corrected chi connectivity index (χ1v) is 3.97. The molecule has 0 radical (unpaired) electrons. The zero-order valence-electron chi connectivity index (χ0n) is 4.94. The highest BCUT2D eigenvalue weighted by molar-refractivity contribution is 9.10. The highest BCUT2D eigenvalue weighted by Crippen LogP contribution is 2.38. The topological polar surface area (TPSA) is 38.9 Å². The second kappa shape index (κ2) is 2.63. The lowest BCUT2D eigenvalue weighted by Gasteiger charge is -2.01. The maximum atomic E-state index is 11.9. The van der Waals surface area contributed by atoms with Crippen molar-refractivity contribution in [2.24, 2.45) is 0 Å². The lowest BCUT2D eigenvalue weighted by Crippen LogP contribution is -2.05. The van der Waals surface area contributed by atoms with Crippen molar-refractivity contribution >= 4 is 32.5 Å². The number of alkyl halides is 3. The van der Waals surface area contributed by atoms with Crippen LogP contribution in [0.15, 0.2) is 4.47 Å². The van der Waals surface area contributed by atoms with Gasteiger partial charge in [0.2, 0.25) is 0 Å². The molecule has 0 spiro atoms. The van der Waals surface area contributed by atoms with Gasteiger partial charge in [-0.3, -0.25) is 0 Å². The summed E-state index contributed by atoms with van der Waals surface area (Å²) in [6.07, 6.45) is -4.42.